The third kappa shape index (κ3) is 6.03. The minimum Gasteiger partial charge on any atom is -0.434 e. The number of nitro groups is 1. The number of ether oxygens (including phenoxy) is 2. The molecular formula is C16H21N3O6. The number of piperazine rings is 1. The molecule has 0 radical (unpaired) electrons. The average molecular weight is 351 g/mol. The fourth-order valence-corrected chi connectivity index (χ4v) is 2.35. The molecule has 1 fully saturated rings. The number of amides is 1. The summed E-state index contributed by atoms with van der Waals surface area (Å²) in [5, 5.41) is 10.5. The monoisotopic (exact) mass is 351 g/mol. The van der Waals surface area contributed by atoms with E-state index in [4.69, 9.17) is 9.47 Å². The van der Waals surface area contributed by atoms with Crippen LogP contribution >= 0.6 is 0 Å². The number of carbonyl (C=O) groups excluding carboxylic acids is 2. The molecular weight excluding hydrogens is 330 g/mol. The number of benzene rings is 1. The van der Waals surface area contributed by atoms with Gasteiger partial charge in [-0.25, -0.2) is 4.79 Å². The highest BCUT2D eigenvalue weighted by molar-refractivity contribution is 5.76. The van der Waals surface area contributed by atoms with E-state index < -0.39 is 11.1 Å². The van der Waals surface area contributed by atoms with Gasteiger partial charge >= 0.3 is 6.16 Å². The van der Waals surface area contributed by atoms with Crippen molar-refractivity contribution in [2.75, 3.05) is 39.8 Å². The maximum absolute atomic E-state index is 12.0. The lowest BCUT2D eigenvalue weighted by atomic mass is 10.2. The maximum atomic E-state index is 12.0. The first kappa shape index (κ1) is 18.7. The zero-order valence-corrected chi connectivity index (χ0v) is 14.1. The predicted molar refractivity (Wildman–Crippen MR) is 88.4 cm³/mol. The van der Waals surface area contributed by atoms with Crippen LogP contribution < -0.4 is 4.74 Å². The molecule has 9 nitrogen and oxygen atoms in total. The van der Waals surface area contributed by atoms with Crippen LogP contribution in [0.25, 0.3) is 0 Å². The van der Waals surface area contributed by atoms with E-state index in [-0.39, 0.29) is 24.0 Å². The quantitative estimate of drug-likeness (QED) is 0.252. The highest BCUT2D eigenvalue weighted by Crippen LogP contribution is 2.17. The Hall–Kier alpha value is -2.68. The van der Waals surface area contributed by atoms with Crippen LogP contribution in [0.1, 0.15) is 12.8 Å². The molecule has 1 aliphatic heterocycles. The fraction of sp³-hybridized carbons (Fsp3) is 0.500. The first-order valence-electron chi connectivity index (χ1n) is 8.01. The summed E-state index contributed by atoms with van der Waals surface area (Å²) in [5.41, 5.74) is -0.0943. The summed E-state index contributed by atoms with van der Waals surface area (Å²) in [6, 6.07) is 5.10. The van der Waals surface area contributed by atoms with E-state index >= 15 is 0 Å². The molecule has 0 saturated carbocycles. The van der Waals surface area contributed by atoms with Crippen LogP contribution in [-0.4, -0.2) is 66.6 Å². The Bertz CT molecular complexity index is 611. The molecule has 25 heavy (non-hydrogen) atoms. The molecule has 1 saturated heterocycles. The number of nitro benzene ring substituents is 1. The van der Waals surface area contributed by atoms with E-state index in [1.165, 1.54) is 24.3 Å². The Labute approximate surface area is 145 Å². The van der Waals surface area contributed by atoms with Crippen LogP contribution in [-0.2, 0) is 9.53 Å². The van der Waals surface area contributed by atoms with Crippen molar-refractivity contribution in [3.05, 3.63) is 34.4 Å². The highest BCUT2D eigenvalue weighted by atomic mass is 16.7. The number of nitrogens with zero attached hydrogens (tertiary/aromatic N) is 3. The molecule has 0 spiro atoms. The van der Waals surface area contributed by atoms with Crippen molar-refractivity contribution in [2.24, 2.45) is 0 Å². The van der Waals surface area contributed by atoms with Crippen LogP contribution in [0.4, 0.5) is 10.5 Å². The summed E-state index contributed by atoms with van der Waals surface area (Å²) in [5.74, 6) is 0.213. The zero-order valence-electron chi connectivity index (χ0n) is 14.1. The minimum atomic E-state index is -0.902. The molecule has 1 heterocycles. The second-order valence-corrected chi connectivity index (χ2v) is 5.74. The van der Waals surface area contributed by atoms with Gasteiger partial charge in [0.25, 0.3) is 5.69 Å². The third-order valence-corrected chi connectivity index (χ3v) is 3.86. The number of hydrogen-bond acceptors (Lipinski definition) is 7. The van der Waals surface area contributed by atoms with Crippen LogP contribution in [0.2, 0.25) is 0 Å². The summed E-state index contributed by atoms with van der Waals surface area (Å²) in [4.78, 5) is 37.5. The molecule has 1 aliphatic rings. The molecule has 0 atom stereocenters. The first-order chi connectivity index (χ1) is 12.0. The summed E-state index contributed by atoms with van der Waals surface area (Å²) >= 11 is 0. The van der Waals surface area contributed by atoms with Gasteiger partial charge in [-0.1, -0.05) is 0 Å². The molecule has 1 aromatic carbocycles. The van der Waals surface area contributed by atoms with E-state index in [1.807, 2.05) is 11.9 Å². The Morgan fingerprint density at radius 3 is 2.40 bits per heavy atom. The van der Waals surface area contributed by atoms with Gasteiger partial charge in [0.1, 0.15) is 5.75 Å². The van der Waals surface area contributed by atoms with Gasteiger partial charge < -0.3 is 19.3 Å². The van der Waals surface area contributed by atoms with Crippen LogP contribution in [0.5, 0.6) is 5.75 Å². The van der Waals surface area contributed by atoms with Crippen molar-refractivity contribution in [1.82, 2.24) is 9.80 Å². The summed E-state index contributed by atoms with van der Waals surface area (Å²) in [6.07, 6.45) is -0.171. The summed E-state index contributed by atoms with van der Waals surface area (Å²) < 4.78 is 9.80. The third-order valence-electron chi connectivity index (χ3n) is 3.86. The van der Waals surface area contributed by atoms with Gasteiger partial charge in [-0.15, -0.1) is 0 Å². The highest BCUT2D eigenvalue weighted by Gasteiger charge is 2.18. The van der Waals surface area contributed by atoms with E-state index in [0.717, 1.165) is 26.2 Å². The lowest BCUT2D eigenvalue weighted by Crippen LogP contribution is -2.47. The zero-order chi connectivity index (χ0) is 18.2. The second kappa shape index (κ2) is 8.97. The molecule has 0 unspecified atom stereocenters. The smallest absolute Gasteiger partial charge is 0.434 e. The number of rotatable bonds is 6. The largest absolute Gasteiger partial charge is 0.513 e. The van der Waals surface area contributed by atoms with Crippen molar-refractivity contribution in [1.29, 1.82) is 0 Å². The van der Waals surface area contributed by atoms with Crippen LogP contribution in [0.15, 0.2) is 24.3 Å². The summed E-state index contributed by atoms with van der Waals surface area (Å²) in [7, 11) is 2.02. The molecule has 1 aromatic rings. The molecule has 1 amide bonds. The van der Waals surface area contributed by atoms with Crippen LogP contribution in [0, 0.1) is 10.1 Å². The van der Waals surface area contributed by atoms with E-state index in [2.05, 4.69) is 4.90 Å². The fourth-order valence-electron chi connectivity index (χ4n) is 2.35. The number of likely N-dealkylation sites (N-methyl/N-ethyl adjacent to an activating group) is 1. The van der Waals surface area contributed by atoms with Gasteiger partial charge in [0, 0.05) is 44.7 Å². The van der Waals surface area contributed by atoms with E-state index in [9.17, 15) is 19.7 Å². The molecule has 136 valence electrons. The van der Waals surface area contributed by atoms with Crippen molar-refractivity contribution >= 4 is 17.7 Å². The lowest BCUT2D eigenvalue weighted by molar-refractivity contribution is -0.384. The normalized spacial score (nSPS) is 14.8. The van der Waals surface area contributed by atoms with Crippen molar-refractivity contribution in [3.63, 3.8) is 0 Å². The van der Waals surface area contributed by atoms with Gasteiger partial charge in [-0.2, -0.15) is 0 Å². The lowest BCUT2D eigenvalue weighted by Gasteiger charge is -2.32. The Morgan fingerprint density at radius 1 is 1.16 bits per heavy atom. The number of non-ortho nitro benzene ring substituents is 1. The van der Waals surface area contributed by atoms with Gasteiger partial charge in [0.2, 0.25) is 5.91 Å². The van der Waals surface area contributed by atoms with Crippen molar-refractivity contribution < 1.29 is 24.0 Å². The molecule has 0 aromatic heterocycles. The van der Waals surface area contributed by atoms with Crippen LogP contribution in [0.3, 0.4) is 0 Å². The topological polar surface area (TPSA) is 102 Å². The Kier molecular flexibility index (Phi) is 6.70. The van der Waals surface area contributed by atoms with Gasteiger partial charge in [-0.3, -0.25) is 14.9 Å². The molecule has 2 rings (SSSR count). The SMILES string of the molecule is CN1CCN(C(=O)CCCOC(=O)Oc2ccc([N+](=O)[O-])cc2)CC1. The van der Waals surface area contributed by atoms with Gasteiger partial charge in [0.05, 0.1) is 11.5 Å². The van der Waals surface area contributed by atoms with E-state index in [0.29, 0.717) is 12.8 Å². The molecule has 0 N–H and O–H groups in total. The van der Waals surface area contributed by atoms with Crippen molar-refractivity contribution in [3.8, 4) is 5.75 Å². The standard InChI is InChI=1S/C16H21N3O6/c1-17-8-10-18(11-9-17)15(20)3-2-12-24-16(21)25-14-6-4-13(5-7-14)19(22)23/h4-7H,2-3,8-12H2,1H3. The number of carbonyl (C=O) groups is 2. The molecule has 0 aliphatic carbocycles. The maximum Gasteiger partial charge on any atom is 0.513 e. The average Bonchev–Trinajstić information content (AvgIpc) is 2.59. The first-order valence-corrected chi connectivity index (χ1v) is 8.01. The Balaban J connectivity index is 1.63. The molecule has 9 heteroatoms. The molecule has 0 bridgehead atoms. The second-order valence-electron chi connectivity index (χ2n) is 5.74. The van der Waals surface area contributed by atoms with Crippen molar-refractivity contribution in [2.45, 2.75) is 12.8 Å². The van der Waals surface area contributed by atoms with Gasteiger partial charge in [-0.05, 0) is 25.6 Å². The predicted octanol–water partition coefficient (Wildman–Crippen LogP) is 1.66. The summed E-state index contributed by atoms with van der Waals surface area (Å²) in [6.45, 7) is 3.25. The van der Waals surface area contributed by atoms with Gasteiger partial charge in [0.15, 0.2) is 0 Å². The van der Waals surface area contributed by atoms with E-state index in [1.54, 1.807) is 0 Å². The number of hydrogen-bond donors (Lipinski definition) is 0. The minimum absolute atomic E-state index is 0.0560. The Morgan fingerprint density at radius 2 is 1.80 bits per heavy atom.